The topological polar surface area (TPSA) is 86.0 Å². The number of carbonyl (C=O) groups excluding carboxylic acids is 2. The summed E-state index contributed by atoms with van der Waals surface area (Å²) in [6, 6.07) is 4.16. The predicted octanol–water partition coefficient (Wildman–Crippen LogP) is 2.61. The van der Waals surface area contributed by atoms with E-state index in [9.17, 15) is 14.0 Å². The molecule has 1 aliphatic heterocycles. The molecule has 0 radical (unpaired) electrons. The second kappa shape index (κ2) is 8.76. The zero-order chi connectivity index (χ0) is 21.0. The Morgan fingerprint density at radius 1 is 1.28 bits per heavy atom. The molecule has 0 spiro atoms. The van der Waals surface area contributed by atoms with Crippen molar-refractivity contribution in [1.29, 1.82) is 0 Å². The number of halogens is 1. The van der Waals surface area contributed by atoms with Gasteiger partial charge in [0.2, 0.25) is 0 Å². The summed E-state index contributed by atoms with van der Waals surface area (Å²) in [5.74, 6) is 1.63. The molecule has 3 rings (SSSR count). The fraction of sp³-hybridized carbons (Fsp3) is 0.273. The summed E-state index contributed by atoms with van der Waals surface area (Å²) in [6.45, 7) is 5.41. The normalized spacial score (nSPS) is 13.9. The van der Waals surface area contributed by atoms with Crippen LogP contribution in [0.15, 0.2) is 18.2 Å². The van der Waals surface area contributed by atoms with Gasteiger partial charge >= 0.3 is 0 Å². The van der Waals surface area contributed by atoms with Gasteiger partial charge in [0, 0.05) is 48.7 Å². The summed E-state index contributed by atoms with van der Waals surface area (Å²) in [5, 5.41) is 8.74. The molecule has 0 bridgehead atoms. The lowest BCUT2D eigenvalue weighted by atomic mass is 10.0. The molecule has 4 N–H and O–H groups in total. The van der Waals surface area contributed by atoms with Gasteiger partial charge in [-0.15, -0.1) is 12.3 Å². The Kier molecular flexibility index (Phi) is 6.15. The molecule has 1 aromatic carbocycles. The van der Waals surface area contributed by atoms with Gasteiger partial charge in [0.25, 0.3) is 11.8 Å². The fourth-order valence-corrected chi connectivity index (χ4v) is 3.35. The highest BCUT2D eigenvalue weighted by atomic mass is 19.1. The number of carbonyl (C=O) groups is 2. The number of H-pyrrole nitrogens is 1. The van der Waals surface area contributed by atoms with E-state index in [2.05, 4.69) is 26.9 Å². The second-order valence-corrected chi connectivity index (χ2v) is 6.83. The maximum absolute atomic E-state index is 13.6. The lowest BCUT2D eigenvalue weighted by Crippen LogP contribution is -2.32. The Balaban J connectivity index is 1.78. The van der Waals surface area contributed by atoms with Crippen LogP contribution >= 0.6 is 0 Å². The molecule has 1 aliphatic rings. The molecule has 2 amide bonds. The molecular weight excluding hydrogens is 371 g/mol. The Hall–Kier alpha value is -3.37. The van der Waals surface area contributed by atoms with Gasteiger partial charge in [0.15, 0.2) is 0 Å². The van der Waals surface area contributed by atoms with Crippen molar-refractivity contribution < 1.29 is 14.0 Å². The molecule has 29 heavy (non-hydrogen) atoms. The lowest BCUT2D eigenvalue weighted by molar-refractivity contribution is -0.110. The van der Waals surface area contributed by atoms with Gasteiger partial charge in [-0.25, -0.2) is 4.39 Å². The first kappa shape index (κ1) is 20.4. The lowest BCUT2D eigenvalue weighted by Gasteiger charge is -2.07. The minimum atomic E-state index is -0.415. The van der Waals surface area contributed by atoms with Crippen LogP contribution in [-0.4, -0.2) is 36.4 Å². The SMILES string of the molecule is C#CCCNCCNC(=O)c1c(C)[nH]c(C=C2C(=O)Nc3ccc(F)cc32)c1C. The number of aromatic nitrogens is 1. The van der Waals surface area contributed by atoms with Crippen molar-refractivity contribution in [2.75, 3.05) is 25.0 Å². The van der Waals surface area contributed by atoms with Crippen LogP contribution in [0, 0.1) is 32.0 Å². The van der Waals surface area contributed by atoms with Crippen molar-refractivity contribution in [1.82, 2.24) is 15.6 Å². The fourth-order valence-electron chi connectivity index (χ4n) is 3.35. The zero-order valence-electron chi connectivity index (χ0n) is 16.4. The highest BCUT2D eigenvalue weighted by Crippen LogP contribution is 2.34. The average Bonchev–Trinajstić information content (AvgIpc) is 3.14. The van der Waals surface area contributed by atoms with E-state index < -0.39 is 5.82 Å². The molecule has 0 fully saturated rings. The number of terminal acetylenes is 1. The molecule has 7 heteroatoms. The quantitative estimate of drug-likeness (QED) is 0.331. The second-order valence-electron chi connectivity index (χ2n) is 6.83. The molecule has 2 heterocycles. The molecule has 6 nitrogen and oxygen atoms in total. The maximum Gasteiger partial charge on any atom is 0.256 e. The number of fused-ring (bicyclic) bond motifs is 1. The van der Waals surface area contributed by atoms with Crippen molar-refractivity contribution in [2.24, 2.45) is 0 Å². The molecule has 0 aliphatic carbocycles. The van der Waals surface area contributed by atoms with E-state index in [0.29, 0.717) is 59.8 Å². The van der Waals surface area contributed by atoms with Crippen molar-refractivity contribution in [3.05, 3.63) is 52.1 Å². The van der Waals surface area contributed by atoms with E-state index in [-0.39, 0.29) is 11.8 Å². The number of amides is 2. The van der Waals surface area contributed by atoms with E-state index in [1.54, 1.807) is 13.0 Å². The summed E-state index contributed by atoms with van der Waals surface area (Å²) in [6.07, 6.45) is 7.49. The van der Waals surface area contributed by atoms with E-state index in [4.69, 9.17) is 6.42 Å². The smallest absolute Gasteiger partial charge is 0.256 e. The zero-order valence-corrected chi connectivity index (χ0v) is 16.4. The number of rotatable bonds is 7. The van der Waals surface area contributed by atoms with Crippen molar-refractivity contribution in [3.63, 3.8) is 0 Å². The van der Waals surface area contributed by atoms with Crippen LogP contribution in [0.2, 0.25) is 0 Å². The van der Waals surface area contributed by atoms with Crippen molar-refractivity contribution in [3.8, 4) is 12.3 Å². The highest BCUT2D eigenvalue weighted by Gasteiger charge is 2.26. The van der Waals surface area contributed by atoms with Gasteiger partial charge in [-0.3, -0.25) is 9.59 Å². The minimum absolute atomic E-state index is 0.193. The third-order valence-electron chi connectivity index (χ3n) is 4.79. The molecule has 2 aromatic rings. The van der Waals surface area contributed by atoms with E-state index in [0.717, 1.165) is 5.56 Å². The molecule has 1 aromatic heterocycles. The van der Waals surface area contributed by atoms with Gasteiger partial charge in [-0.05, 0) is 43.7 Å². The Bertz CT molecular complexity index is 1030. The Morgan fingerprint density at radius 3 is 2.83 bits per heavy atom. The maximum atomic E-state index is 13.6. The third-order valence-corrected chi connectivity index (χ3v) is 4.79. The van der Waals surface area contributed by atoms with Gasteiger partial charge in [-0.2, -0.15) is 0 Å². The molecule has 0 saturated carbocycles. The van der Waals surface area contributed by atoms with Gasteiger partial charge < -0.3 is 20.9 Å². The van der Waals surface area contributed by atoms with Gasteiger partial charge in [-0.1, -0.05) is 0 Å². The number of aromatic amines is 1. The molecule has 150 valence electrons. The van der Waals surface area contributed by atoms with Crippen LogP contribution in [0.4, 0.5) is 10.1 Å². The van der Waals surface area contributed by atoms with Gasteiger partial charge in [0.1, 0.15) is 5.82 Å². The summed E-state index contributed by atoms with van der Waals surface area (Å²) < 4.78 is 13.6. The highest BCUT2D eigenvalue weighted by molar-refractivity contribution is 6.34. The largest absolute Gasteiger partial charge is 0.358 e. The van der Waals surface area contributed by atoms with Crippen LogP contribution in [0.5, 0.6) is 0 Å². The number of hydrogen-bond donors (Lipinski definition) is 4. The first-order valence-corrected chi connectivity index (χ1v) is 9.37. The Morgan fingerprint density at radius 2 is 2.07 bits per heavy atom. The third kappa shape index (κ3) is 4.39. The van der Waals surface area contributed by atoms with Crippen LogP contribution < -0.4 is 16.0 Å². The minimum Gasteiger partial charge on any atom is -0.358 e. The van der Waals surface area contributed by atoms with E-state index in [1.165, 1.54) is 18.2 Å². The number of hydrogen-bond acceptors (Lipinski definition) is 3. The van der Waals surface area contributed by atoms with E-state index in [1.807, 2.05) is 6.92 Å². The van der Waals surface area contributed by atoms with Crippen molar-refractivity contribution in [2.45, 2.75) is 20.3 Å². The van der Waals surface area contributed by atoms with Crippen LogP contribution in [0.1, 0.15) is 39.3 Å². The van der Waals surface area contributed by atoms with Crippen LogP contribution in [0.25, 0.3) is 11.6 Å². The summed E-state index contributed by atoms with van der Waals surface area (Å²) >= 11 is 0. The molecule has 0 atom stereocenters. The monoisotopic (exact) mass is 394 g/mol. The first-order valence-electron chi connectivity index (χ1n) is 9.37. The van der Waals surface area contributed by atoms with E-state index >= 15 is 0 Å². The van der Waals surface area contributed by atoms with Crippen LogP contribution in [0.3, 0.4) is 0 Å². The summed E-state index contributed by atoms with van der Waals surface area (Å²) in [4.78, 5) is 28.1. The predicted molar refractivity (Wildman–Crippen MR) is 112 cm³/mol. The van der Waals surface area contributed by atoms with Crippen LogP contribution in [-0.2, 0) is 4.79 Å². The molecule has 0 unspecified atom stereocenters. The number of aryl methyl sites for hydroxylation is 1. The summed E-state index contributed by atoms with van der Waals surface area (Å²) in [5.41, 5.74) is 4.04. The standard InChI is InChI=1S/C22H23FN4O2/c1-4-5-8-24-9-10-25-22(29)20-13(2)19(26-14(20)3)12-17-16-11-15(23)6-7-18(16)27-21(17)28/h1,6-7,11-12,24,26H,5,8-10H2,2-3H3,(H,25,29)(H,27,28). The van der Waals surface area contributed by atoms with Gasteiger partial charge in [0.05, 0.1) is 11.1 Å². The average molecular weight is 394 g/mol. The molecule has 0 saturated heterocycles. The summed E-state index contributed by atoms with van der Waals surface area (Å²) in [7, 11) is 0. The Labute approximate surface area is 169 Å². The number of nitrogens with one attached hydrogen (secondary N) is 4. The van der Waals surface area contributed by atoms with Crippen molar-refractivity contribution >= 4 is 29.2 Å². The number of anilines is 1. The number of benzene rings is 1. The first-order chi connectivity index (χ1) is 13.9. The molecular formula is C22H23FN4O2.